The highest BCUT2D eigenvalue weighted by atomic mass is 32.2. The van der Waals surface area contributed by atoms with Gasteiger partial charge >= 0.3 is 0 Å². The lowest BCUT2D eigenvalue weighted by molar-refractivity contribution is -0.118. The molecule has 0 N–H and O–H groups in total. The highest BCUT2D eigenvalue weighted by Gasteiger charge is 2.09. The van der Waals surface area contributed by atoms with Gasteiger partial charge in [0, 0.05) is 23.6 Å². The molecule has 0 aliphatic heterocycles. The molecule has 0 radical (unpaired) electrons. The largest absolute Gasteiger partial charge is 0.497 e. The molecule has 3 rings (SSSR count). The Hall–Kier alpha value is -1.77. The highest BCUT2D eigenvalue weighted by Crippen LogP contribution is 2.23. The van der Waals surface area contributed by atoms with Crippen molar-refractivity contribution in [2.45, 2.75) is 24.3 Å². The van der Waals surface area contributed by atoms with E-state index >= 15 is 0 Å². The number of methoxy groups -OCH3 is 1. The fourth-order valence-corrected chi connectivity index (χ4v) is 5.09. The van der Waals surface area contributed by atoms with Crippen LogP contribution < -0.4 is 9.54 Å². The van der Waals surface area contributed by atoms with Crippen molar-refractivity contribution >= 4 is 51.0 Å². The summed E-state index contributed by atoms with van der Waals surface area (Å²) in [4.78, 5) is 18.6. The van der Waals surface area contributed by atoms with Crippen LogP contribution in [-0.4, -0.2) is 35.3 Å². The lowest BCUT2D eigenvalue weighted by Crippen LogP contribution is -2.18. The third-order valence-corrected chi connectivity index (χ3v) is 6.98. The first kappa shape index (κ1) is 21.9. The zero-order chi connectivity index (χ0) is 20.6. The second-order valence-corrected chi connectivity index (χ2v) is 9.44. The van der Waals surface area contributed by atoms with Gasteiger partial charge in [-0.05, 0) is 60.9 Å². The first-order valence-corrected chi connectivity index (χ1v) is 12.4. The molecule has 4 nitrogen and oxygen atoms in total. The Bertz CT molecular complexity index is 1030. The average Bonchev–Trinajstić information content (AvgIpc) is 3.06. The van der Waals surface area contributed by atoms with Crippen molar-refractivity contribution in [2.24, 2.45) is 4.99 Å². The van der Waals surface area contributed by atoms with Gasteiger partial charge in [0.05, 0.1) is 17.3 Å². The number of aromatic nitrogens is 1. The zero-order valence-corrected chi connectivity index (χ0v) is 18.8. The zero-order valence-electron chi connectivity index (χ0n) is 16.4. The Morgan fingerprint density at radius 1 is 1.21 bits per heavy atom. The van der Waals surface area contributed by atoms with Gasteiger partial charge in [0.2, 0.25) is 5.91 Å². The monoisotopic (exact) mass is 450 g/mol. The predicted molar refractivity (Wildman–Crippen MR) is 122 cm³/mol. The molecule has 8 heteroatoms. The summed E-state index contributed by atoms with van der Waals surface area (Å²) < 4.78 is 21.4. The number of thioether (sulfide) groups is 2. The van der Waals surface area contributed by atoms with Crippen molar-refractivity contribution in [2.75, 3.05) is 24.9 Å². The molecule has 154 valence electrons. The normalized spacial score (nSPS) is 11.9. The number of rotatable bonds is 9. The molecule has 0 fully saturated rings. The van der Waals surface area contributed by atoms with Gasteiger partial charge in [-0.1, -0.05) is 11.3 Å². The van der Waals surface area contributed by atoms with Crippen molar-refractivity contribution in [1.82, 2.24) is 4.57 Å². The van der Waals surface area contributed by atoms with Crippen LogP contribution in [0.5, 0.6) is 5.75 Å². The van der Waals surface area contributed by atoms with E-state index in [1.54, 1.807) is 42.8 Å². The van der Waals surface area contributed by atoms with Gasteiger partial charge in [-0.2, -0.15) is 16.8 Å². The van der Waals surface area contributed by atoms with E-state index in [0.29, 0.717) is 6.42 Å². The summed E-state index contributed by atoms with van der Waals surface area (Å²) in [5, 5.41) is 0. The molecule has 0 unspecified atom stereocenters. The number of nitrogens with zero attached hydrogens (tertiary/aromatic N) is 2. The number of benzene rings is 2. The highest BCUT2D eigenvalue weighted by molar-refractivity contribution is 7.99. The van der Waals surface area contributed by atoms with E-state index in [2.05, 4.69) is 15.8 Å². The number of fused-ring (bicyclic) bond motifs is 1. The number of carbonyl (C=O) groups is 1. The first-order valence-electron chi connectivity index (χ1n) is 9.23. The van der Waals surface area contributed by atoms with Crippen molar-refractivity contribution in [3.63, 3.8) is 0 Å². The van der Waals surface area contributed by atoms with Gasteiger partial charge in [-0.15, -0.1) is 11.8 Å². The van der Waals surface area contributed by atoms with Crippen molar-refractivity contribution in [3.8, 4) is 5.75 Å². The Morgan fingerprint density at radius 2 is 2.00 bits per heavy atom. The van der Waals surface area contributed by atoms with Gasteiger partial charge in [-0.25, -0.2) is 4.39 Å². The molecule has 0 saturated carbocycles. The summed E-state index contributed by atoms with van der Waals surface area (Å²) in [6.45, 7) is 0.806. The van der Waals surface area contributed by atoms with Gasteiger partial charge in [-0.3, -0.25) is 4.79 Å². The summed E-state index contributed by atoms with van der Waals surface area (Å²) in [6, 6.07) is 12.4. The lowest BCUT2D eigenvalue weighted by atomic mass is 10.3. The molecule has 0 aliphatic rings. The molecular weight excluding hydrogens is 427 g/mol. The van der Waals surface area contributed by atoms with Crippen LogP contribution in [0, 0.1) is 5.82 Å². The van der Waals surface area contributed by atoms with E-state index in [1.165, 1.54) is 23.5 Å². The van der Waals surface area contributed by atoms with Crippen LogP contribution in [0.3, 0.4) is 0 Å². The minimum absolute atomic E-state index is 0.110. The number of hydrogen-bond acceptors (Lipinski definition) is 5. The topological polar surface area (TPSA) is 43.6 Å². The number of aryl methyl sites for hydroxylation is 1. The van der Waals surface area contributed by atoms with Gasteiger partial charge in [0.15, 0.2) is 4.80 Å². The fraction of sp³-hybridized carbons (Fsp3) is 0.333. The Morgan fingerprint density at radius 3 is 2.72 bits per heavy atom. The average molecular weight is 451 g/mol. The summed E-state index contributed by atoms with van der Waals surface area (Å²) in [5.74, 6) is 2.20. The Kier molecular flexibility index (Phi) is 8.20. The number of hydrogen-bond donors (Lipinski definition) is 0. The molecule has 1 aromatic heterocycles. The van der Waals surface area contributed by atoms with E-state index < -0.39 is 0 Å². The maximum absolute atomic E-state index is 12.9. The molecule has 1 heterocycles. The van der Waals surface area contributed by atoms with Crippen LogP contribution in [0.4, 0.5) is 4.39 Å². The summed E-state index contributed by atoms with van der Waals surface area (Å²) in [7, 11) is 1.65. The summed E-state index contributed by atoms with van der Waals surface area (Å²) >= 11 is 4.90. The number of thiazole rings is 1. The van der Waals surface area contributed by atoms with E-state index in [9.17, 15) is 9.18 Å². The smallest absolute Gasteiger partial charge is 0.248 e. The molecule has 29 heavy (non-hydrogen) atoms. The molecule has 0 aliphatic carbocycles. The second kappa shape index (κ2) is 10.8. The van der Waals surface area contributed by atoms with Crippen LogP contribution in [-0.2, 0) is 11.3 Å². The third-order valence-electron chi connectivity index (χ3n) is 4.25. The predicted octanol–water partition coefficient (Wildman–Crippen LogP) is 5.21. The third kappa shape index (κ3) is 6.10. The molecule has 1 amide bonds. The van der Waals surface area contributed by atoms with Crippen LogP contribution in [0.2, 0.25) is 0 Å². The fourth-order valence-electron chi connectivity index (χ4n) is 2.77. The van der Waals surface area contributed by atoms with Crippen molar-refractivity contribution in [3.05, 3.63) is 53.1 Å². The van der Waals surface area contributed by atoms with Crippen molar-refractivity contribution in [1.29, 1.82) is 0 Å². The number of amides is 1. The van der Waals surface area contributed by atoms with Gasteiger partial charge in [0.1, 0.15) is 11.6 Å². The maximum Gasteiger partial charge on any atom is 0.248 e. The molecule has 0 atom stereocenters. The molecule has 0 saturated heterocycles. The van der Waals surface area contributed by atoms with Gasteiger partial charge in [0.25, 0.3) is 0 Å². The summed E-state index contributed by atoms with van der Waals surface area (Å²) in [6.07, 6.45) is 3.20. The first-order chi connectivity index (χ1) is 14.1. The summed E-state index contributed by atoms with van der Waals surface area (Å²) in [5.41, 5.74) is 1.07. The van der Waals surface area contributed by atoms with E-state index in [1.807, 2.05) is 18.2 Å². The van der Waals surface area contributed by atoms with Gasteiger partial charge < -0.3 is 9.30 Å². The Balaban J connectivity index is 1.68. The van der Waals surface area contributed by atoms with Crippen LogP contribution >= 0.6 is 34.9 Å². The van der Waals surface area contributed by atoms with E-state index in [0.717, 1.165) is 50.1 Å². The van der Waals surface area contributed by atoms with E-state index in [4.69, 9.17) is 4.74 Å². The molecule has 3 aromatic rings. The Labute approximate surface area is 182 Å². The van der Waals surface area contributed by atoms with Crippen LogP contribution in [0.15, 0.2) is 52.4 Å². The minimum atomic E-state index is -0.237. The molecular formula is C21H23FN2O2S3. The molecule has 0 spiro atoms. The molecule has 0 bridgehead atoms. The SMILES string of the molecule is COc1ccc2c(c1)sc(=NC(=O)CCCSc1ccc(F)cc1)n2CCSC. The van der Waals surface area contributed by atoms with Crippen LogP contribution in [0.25, 0.3) is 10.2 Å². The number of ether oxygens (including phenoxy) is 1. The van der Waals surface area contributed by atoms with Crippen LogP contribution in [0.1, 0.15) is 12.8 Å². The standard InChI is InChI=1S/C21H23FN2O2S3/c1-26-16-7-10-18-19(14-16)29-21(24(18)11-13-27-2)23-20(25)4-3-12-28-17-8-5-15(22)6-9-17/h5-10,14H,3-4,11-13H2,1-2H3. The maximum atomic E-state index is 12.9. The van der Waals surface area contributed by atoms with Crippen molar-refractivity contribution < 1.29 is 13.9 Å². The minimum Gasteiger partial charge on any atom is -0.497 e. The van der Waals surface area contributed by atoms with E-state index in [-0.39, 0.29) is 11.7 Å². The molecule has 2 aromatic carbocycles. The number of carbonyl (C=O) groups excluding carboxylic acids is 1. The lowest BCUT2D eigenvalue weighted by Gasteiger charge is -2.04. The number of halogens is 1. The quantitative estimate of drug-likeness (QED) is 0.331. The second-order valence-electron chi connectivity index (χ2n) is 6.27.